The number of hydrogen-bond donors (Lipinski definition) is 2. The molecule has 2 rings (SSSR count). The van der Waals surface area contributed by atoms with Crippen molar-refractivity contribution in [3.8, 4) is 5.88 Å². The van der Waals surface area contributed by atoms with Crippen LogP contribution in [0.25, 0.3) is 12.2 Å². The SMILES string of the molecule is CN(C)c1ccc(C=C=Cc2sc(=S)n(CCCC(=O)O)c2O)cc1. The van der Waals surface area contributed by atoms with Gasteiger partial charge in [-0.15, -0.1) is 17.1 Å². The molecule has 0 atom stereocenters. The maximum absolute atomic E-state index is 10.6. The number of nitrogens with zero attached hydrogens (tertiary/aromatic N) is 2. The molecule has 2 aromatic rings. The molecule has 1 aromatic carbocycles. The molecule has 2 N–H and O–H groups in total. The highest BCUT2D eigenvalue weighted by molar-refractivity contribution is 7.73. The van der Waals surface area contributed by atoms with Crippen molar-refractivity contribution in [3.05, 3.63) is 44.4 Å². The van der Waals surface area contributed by atoms with Crippen molar-refractivity contribution >= 4 is 47.4 Å². The zero-order valence-corrected chi connectivity index (χ0v) is 15.7. The fourth-order valence-corrected chi connectivity index (χ4v) is 3.43. The van der Waals surface area contributed by atoms with Crippen LogP contribution < -0.4 is 4.90 Å². The molecule has 5 nitrogen and oxygen atoms in total. The zero-order valence-electron chi connectivity index (χ0n) is 14.1. The van der Waals surface area contributed by atoms with Crippen molar-refractivity contribution in [3.63, 3.8) is 0 Å². The van der Waals surface area contributed by atoms with Gasteiger partial charge >= 0.3 is 5.97 Å². The number of carboxylic acids is 1. The Balaban J connectivity index is 2.12. The van der Waals surface area contributed by atoms with Gasteiger partial charge in [0.25, 0.3) is 0 Å². The molecule has 0 amide bonds. The van der Waals surface area contributed by atoms with Gasteiger partial charge in [-0.2, -0.15) is 0 Å². The molecule has 0 bridgehead atoms. The first-order chi connectivity index (χ1) is 11.9. The van der Waals surface area contributed by atoms with Gasteiger partial charge in [0.15, 0.2) is 3.95 Å². The molecule has 0 fully saturated rings. The van der Waals surface area contributed by atoms with Gasteiger partial charge in [-0.1, -0.05) is 12.1 Å². The Hall–Kier alpha value is -2.34. The summed E-state index contributed by atoms with van der Waals surface area (Å²) in [7, 11) is 3.98. The van der Waals surface area contributed by atoms with Crippen LogP contribution in [0.2, 0.25) is 0 Å². The summed E-state index contributed by atoms with van der Waals surface area (Å²) < 4.78 is 2.08. The van der Waals surface area contributed by atoms with Gasteiger partial charge in [0.1, 0.15) is 0 Å². The van der Waals surface area contributed by atoms with E-state index >= 15 is 0 Å². The standard InChI is InChI=1S/C18H20N2O3S2/c1-19(2)14-10-8-13(9-11-14)5-3-6-15-17(23)20(18(24)25-15)12-4-7-16(21)22/h5-6,8-11,23H,4,7,12H2,1-2H3,(H,21,22). The van der Waals surface area contributed by atoms with Gasteiger partial charge in [-0.25, -0.2) is 0 Å². The lowest BCUT2D eigenvalue weighted by molar-refractivity contribution is -0.137. The van der Waals surface area contributed by atoms with Gasteiger partial charge in [0, 0.05) is 38.8 Å². The lowest BCUT2D eigenvalue weighted by atomic mass is 10.2. The Morgan fingerprint density at radius 2 is 2.00 bits per heavy atom. The van der Waals surface area contributed by atoms with Crippen LogP contribution in [0.1, 0.15) is 23.3 Å². The van der Waals surface area contributed by atoms with Crippen LogP contribution in [0.15, 0.2) is 30.0 Å². The third-order valence-corrected chi connectivity index (χ3v) is 4.93. The van der Waals surface area contributed by atoms with Crippen LogP contribution in [0, 0.1) is 3.95 Å². The number of carboxylic acid groups (broad SMARTS) is 1. The molecule has 0 aliphatic heterocycles. The van der Waals surface area contributed by atoms with Crippen LogP contribution in [-0.2, 0) is 11.3 Å². The minimum atomic E-state index is -0.857. The van der Waals surface area contributed by atoms with E-state index in [1.807, 2.05) is 49.3 Å². The normalized spacial score (nSPS) is 10.2. The van der Waals surface area contributed by atoms with E-state index in [4.69, 9.17) is 17.3 Å². The van der Waals surface area contributed by atoms with E-state index in [1.165, 1.54) is 11.3 Å². The second kappa shape index (κ2) is 8.67. The van der Waals surface area contributed by atoms with Gasteiger partial charge in [-0.3, -0.25) is 9.36 Å². The fraction of sp³-hybridized carbons (Fsp3) is 0.278. The molecule has 0 aliphatic carbocycles. The average molecular weight is 377 g/mol. The van der Waals surface area contributed by atoms with Crippen LogP contribution in [0.5, 0.6) is 5.88 Å². The first kappa shape index (κ1) is 19.0. The Morgan fingerprint density at radius 1 is 1.32 bits per heavy atom. The number of rotatable bonds is 7. The highest BCUT2D eigenvalue weighted by Crippen LogP contribution is 2.27. The van der Waals surface area contributed by atoms with Gasteiger partial charge in [-0.05, 0) is 42.4 Å². The van der Waals surface area contributed by atoms with Gasteiger partial charge < -0.3 is 15.1 Å². The molecule has 0 aliphatic rings. The number of aromatic nitrogens is 1. The molecule has 0 saturated carbocycles. The minimum absolute atomic E-state index is 0.0467. The molecule has 132 valence electrons. The fourth-order valence-electron chi connectivity index (χ4n) is 2.18. The van der Waals surface area contributed by atoms with Crippen LogP contribution in [0.3, 0.4) is 0 Å². The van der Waals surface area contributed by atoms with E-state index in [9.17, 15) is 9.90 Å². The summed E-state index contributed by atoms with van der Waals surface area (Å²) in [6.45, 7) is 0.386. The Kier molecular flexibility index (Phi) is 6.58. The molecular formula is C18H20N2O3S2. The smallest absolute Gasteiger partial charge is 0.303 e. The molecule has 1 aromatic heterocycles. The van der Waals surface area contributed by atoms with Crippen LogP contribution >= 0.6 is 23.6 Å². The topological polar surface area (TPSA) is 65.7 Å². The zero-order chi connectivity index (χ0) is 18.4. The highest BCUT2D eigenvalue weighted by atomic mass is 32.1. The Labute approximate surface area is 155 Å². The largest absolute Gasteiger partial charge is 0.493 e. The van der Waals surface area contributed by atoms with Crippen LogP contribution in [0.4, 0.5) is 5.69 Å². The molecule has 7 heteroatoms. The van der Waals surface area contributed by atoms with E-state index in [-0.39, 0.29) is 12.3 Å². The van der Waals surface area contributed by atoms with Crippen molar-refractivity contribution in [2.45, 2.75) is 19.4 Å². The number of aliphatic carboxylic acids is 1. The Bertz CT molecular complexity index is 857. The summed E-state index contributed by atoms with van der Waals surface area (Å²) in [5, 5.41) is 18.9. The van der Waals surface area contributed by atoms with Crippen molar-refractivity contribution < 1.29 is 15.0 Å². The van der Waals surface area contributed by atoms with E-state index in [0.29, 0.717) is 21.8 Å². The first-order valence-electron chi connectivity index (χ1n) is 7.72. The molecule has 0 unspecified atom stereocenters. The number of carbonyl (C=O) groups is 1. The number of benzene rings is 1. The lowest BCUT2D eigenvalue weighted by Gasteiger charge is -2.11. The molecular weight excluding hydrogens is 356 g/mol. The predicted octanol–water partition coefficient (Wildman–Crippen LogP) is 4.24. The molecule has 0 spiro atoms. The highest BCUT2D eigenvalue weighted by Gasteiger charge is 2.09. The maximum atomic E-state index is 10.6. The van der Waals surface area contributed by atoms with E-state index in [2.05, 4.69) is 5.73 Å². The van der Waals surface area contributed by atoms with Crippen molar-refractivity contribution in [1.82, 2.24) is 4.57 Å². The van der Waals surface area contributed by atoms with E-state index in [0.717, 1.165) is 11.3 Å². The number of hydrogen-bond acceptors (Lipinski definition) is 5. The lowest BCUT2D eigenvalue weighted by Crippen LogP contribution is -2.07. The summed E-state index contributed by atoms with van der Waals surface area (Å²) in [6.07, 6.45) is 3.98. The first-order valence-corrected chi connectivity index (χ1v) is 8.95. The molecule has 25 heavy (non-hydrogen) atoms. The maximum Gasteiger partial charge on any atom is 0.303 e. The molecule has 1 heterocycles. The number of aromatic hydroxyl groups is 1. The second-order valence-corrected chi connectivity index (χ2v) is 7.32. The summed E-state index contributed by atoms with van der Waals surface area (Å²) in [5.74, 6) is -0.797. The average Bonchev–Trinajstić information content (AvgIpc) is 2.82. The second-order valence-electron chi connectivity index (χ2n) is 5.65. The van der Waals surface area contributed by atoms with Crippen molar-refractivity contribution in [2.75, 3.05) is 19.0 Å². The summed E-state index contributed by atoms with van der Waals surface area (Å²) in [6, 6.07) is 8.03. The monoisotopic (exact) mass is 376 g/mol. The van der Waals surface area contributed by atoms with Gasteiger partial charge in [0.2, 0.25) is 5.88 Å². The third kappa shape index (κ3) is 5.32. The predicted molar refractivity (Wildman–Crippen MR) is 105 cm³/mol. The summed E-state index contributed by atoms with van der Waals surface area (Å²) >= 11 is 6.51. The van der Waals surface area contributed by atoms with Gasteiger partial charge in [0.05, 0.1) is 4.88 Å². The molecule has 0 radical (unpaired) electrons. The van der Waals surface area contributed by atoms with E-state index in [1.54, 1.807) is 10.6 Å². The van der Waals surface area contributed by atoms with Crippen LogP contribution in [-0.4, -0.2) is 34.8 Å². The summed E-state index contributed by atoms with van der Waals surface area (Å²) in [4.78, 5) is 13.2. The number of anilines is 1. The summed E-state index contributed by atoms with van der Waals surface area (Å²) in [5.41, 5.74) is 5.18. The molecule has 0 saturated heterocycles. The van der Waals surface area contributed by atoms with Crippen molar-refractivity contribution in [1.29, 1.82) is 0 Å². The Morgan fingerprint density at radius 3 is 2.60 bits per heavy atom. The van der Waals surface area contributed by atoms with Crippen molar-refractivity contribution in [2.24, 2.45) is 0 Å². The minimum Gasteiger partial charge on any atom is -0.493 e. The third-order valence-electron chi connectivity index (χ3n) is 3.54. The quantitative estimate of drug-likeness (QED) is 0.559. The number of thiazole rings is 1. The van der Waals surface area contributed by atoms with E-state index < -0.39 is 5.97 Å².